The van der Waals surface area contributed by atoms with Crippen molar-refractivity contribution in [3.63, 3.8) is 0 Å². The molecule has 0 aliphatic carbocycles. The molecule has 1 aromatic carbocycles. The van der Waals surface area contributed by atoms with Crippen molar-refractivity contribution in [2.45, 2.75) is 26.2 Å². The second-order valence-electron chi connectivity index (χ2n) is 4.52. The number of carboxylic acids is 1. The Bertz CT molecular complexity index is 682. The zero-order valence-corrected chi connectivity index (χ0v) is 12.2. The first-order valence-electron chi connectivity index (χ1n) is 6.51. The molecule has 0 spiro atoms. The van der Waals surface area contributed by atoms with Crippen LogP contribution in [-0.4, -0.2) is 32.4 Å². The number of benzene rings is 1. The van der Waals surface area contributed by atoms with Gasteiger partial charge >= 0.3 is 5.97 Å². The predicted octanol–water partition coefficient (Wildman–Crippen LogP) is 2.77. The molecular weight excluding hydrogens is 294 g/mol. The minimum absolute atomic E-state index is 0.0150. The minimum atomic E-state index is -1.12. The van der Waals surface area contributed by atoms with Crippen LogP contribution in [0.1, 0.15) is 46.3 Å². The molecule has 1 heterocycles. The number of aromatic nitrogens is 3. The van der Waals surface area contributed by atoms with E-state index in [0.29, 0.717) is 24.1 Å². The molecule has 0 bridgehead atoms. The van der Waals surface area contributed by atoms with Crippen LogP contribution in [0.25, 0.3) is 5.69 Å². The molecule has 110 valence electrons. The van der Waals surface area contributed by atoms with Crippen molar-refractivity contribution in [2.75, 3.05) is 0 Å². The molecule has 0 fully saturated rings. The third-order valence-electron chi connectivity index (χ3n) is 3.10. The van der Waals surface area contributed by atoms with Crippen LogP contribution in [0.2, 0.25) is 5.02 Å². The van der Waals surface area contributed by atoms with Crippen LogP contribution in [0.3, 0.4) is 0 Å². The van der Waals surface area contributed by atoms with Crippen molar-refractivity contribution in [1.29, 1.82) is 0 Å². The molecule has 0 unspecified atom stereocenters. The van der Waals surface area contributed by atoms with Gasteiger partial charge in [0.15, 0.2) is 6.29 Å². The van der Waals surface area contributed by atoms with Crippen LogP contribution in [0.15, 0.2) is 18.2 Å². The summed E-state index contributed by atoms with van der Waals surface area (Å²) in [6.45, 7) is 2.04. The average molecular weight is 308 g/mol. The molecule has 21 heavy (non-hydrogen) atoms. The maximum atomic E-state index is 11.1. The van der Waals surface area contributed by atoms with Crippen molar-refractivity contribution >= 4 is 23.9 Å². The summed E-state index contributed by atoms with van der Waals surface area (Å²) in [5.74, 6) is -1.12. The maximum absolute atomic E-state index is 11.1. The average Bonchev–Trinajstić information content (AvgIpc) is 2.88. The highest BCUT2D eigenvalue weighted by Crippen LogP contribution is 2.21. The molecule has 0 radical (unpaired) electrons. The van der Waals surface area contributed by atoms with E-state index in [4.69, 9.17) is 16.7 Å². The number of carbonyl (C=O) groups excluding carboxylic acids is 1. The SMILES string of the molecule is CCCCc1c(C=O)nnn1-c1ccc(Cl)c(C(=O)O)c1. The summed E-state index contributed by atoms with van der Waals surface area (Å²) in [7, 11) is 0. The number of halogens is 1. The van der Waals surface area contributed by atoms with Crippen LogP contribution in [-0.2, 0) is 6.42 Å². The van der Waals surface area contributed by atoms with E-state index in [0.717, 1.165) is 12.8 Å². The van der Waals surface area contributed by atoms with E-state index < -0.39 is 5.97 Å². The minimum Gasteiger partial charge on any atom is -0.478 e. The zero-order chi connectivity index (χ0) is 15.4. The van der Waals surface area contributed by atoms with E-state index in [9.17, 15) is 9.59 Å². The fraction of sp³-hybridized carbons (Fsp3) is 0.286. The highest BCUT2D eigenvalue weighted by atomic mass is 35.5. The van der Waals surface area contributed by atoms with Gasteiger partial charge in [-0.3, -0.25) is 4.79 Å². The molecule has 0 amide bonds. The summed E-state index contributed by atoms with van der Waals surface area (Å²) in [6.07, 6.45) is 3.14. The van der Waals surface area contributed by atoms with Crippen molar-refractivity contribution in [1.82, 2.24) is 15.0 Å². The number of unbranched alkanes of at least 4 members (excludes halogenated alkanes) is 1. The Kier molecular flexibility index (Phi) is 4.70. The van der Waals surface area contributed by atoms with E-state index in [1.54, 1.807) is 6.07 Å². The second-order valence-corrected chi connectivity index (χ2v) is 4.93. The third-order valence-corrected chi connectivity index (χ3v) is 3.43. The summed E-state index contributed by atoms with van der Waals surface area (Å²) in [4.78, 5) is 22.2. The fourth-order valence-electron chi connectivity index (χ4n) is 2.00. The van der Waals surface area contributed by atoms with Crippen LogP contribution in [0.4, 0.5) is 0 Å². The highest BCUT2D eigenvalue weighted by Gasteiger charge is 2.16. The van der Waals surface area contributed by atoms with Gasteiger partial charge in [-0.25, -0.2) is 9.48 Å². The van der Waals surface area contributed by atoms with E-state index in [-0.39, 0.29) is 16.3 Å². The van der Waals surface area contributed by atoms with E-state index >= 15 is 0 Å². The smallest absolute Gasteiger partial charge is 0.337 e. The number of aromatic carboxylic acids is 1. The maximum Gasteiger partial charge on any atom is 0.337 e. The summed E-state index contributed by atoms with van der Waals surface area (Å²) in [5.41, 5.74) is 1.45. The van der Waals surface area contributed by atoms with Crippen LogP contribution in [0, 0.1) is 0 Å². The normalized spacial score (nSPS) is 10.6. The Morgan fingerprint density at radius 1 is 1.48 bits per heavy atom. The van der Waals surface area contributed by atoms with Crippen LogP contribution in [0.5, 0.6) is 0 Å². The number of rotatable bonds is 6. The fourth-order valence-corrected chi connectivity index (χ4v) is 2.20. The molecule has 1 N–H and O–H groups in total. The molecule has 0 saturated heterocycles. The van der Waals surface area contributed by atoms with Gasteiger partial charge < -0.3 is 5.11 Å². The molecule has 0 saturated carbocycles. The molecular formula is C14H14ClN3O3. The molecule has 2 rings (SSSR count). The number of aldehydes is 1. The van der Waals surface area contributed by atoms with Gasteiger partial charge in [0.1, 0.15) is 5.69 Å². The Morgan fingerprint density at radius 3 is 2.86 bits per heavy atom. The Balaban J connectivity index is 2.51. The van der Waals surface area contributed by atoms with E-state index in [1.165, 1.54) is 16.8 Å². The van der Waals surface area contributed by atoms with Gasteiger partial charge in [0.2, 0.25) is 0 Å². The van der Waals surface area contributed by atoms with Crippen molar-refractivity contribution < 1.29 is 14.7 Å². The standard InChI is InChI=1S/C14H14ClN3O3/c1-2-3-4-13-12(8-19)16-17-18(13)9-5-6-11(15)10(7-9)14(20)21/h5-8H,2-4H2,1H3,(H,20,21). The van der Waals surface area contributed by atoms with Crippen LogP contribution >= 0.6 is 11.6 Å². The molecule has 0 aliphatic heterocycles. The van der Waals surface area contributed by atoms with Crippen molar-refractivity contribution in [3.8, 4) is 5.69 Å². The lowest BCUT2D eigenvalue weighted by Crippen LogP contribution is -2.06. The lowest BCUT2D eigenvalue weighted by Gasteiger charge is -2.08. The number of nitrogens with zero attached hydrogens (tertiary/aromatic N) is 3. The predicted molar refractivity (Wildman–Crippen MR) is 77.3 cm³/mol. The van der Waals surface area contributed by atoms with Crippen molar-refractivity contribution in [2.24, 2.45) is 0 Å². The topological polar surface area (TPSA) is 85.1 Å². The lowest BCUT2D eigenvalue weighted by atomic mass is 10.1. The Labute approximate surface area is 126 Å². The molecule has 1 aromatic heterocycles. The number of hydrogen-bond donors (Lipinski definition) is 1. The molecule has 6 nitrogen and oxygen atoms in total. The summed E-state index contributed by atoms with van der Waals surface area (Å²) >= 11 is 5.85. The first kappa shape index (κ1) is 15.2. The van der Waals surface area contributed by atoms with E-state index in [2.05, 4.69) is 10.3 Å². The first-order valence-corrected chi connectivity index (χ1v) is 6.89. The highest BCUT2D eigenvalue weighted by molar-refractivity contribution is 6.33. The zero-order valence-electron chi connectivity index (χ0n) is 11.4. The van der Waals surface area contributed by atoms with Gasteiger partial charge in [-0.2, -0.15) is 0 Å². The number of hydrogen-bond acceptors (Lipinski definition) is 4. The summed E-state index contributed by atoms with van der Waals surface area (Å²) in [5, 5.41) is 17.0. The Hall–Kier alpha value is -2.21. The quantitative estimate of drug-likeness (QED) is 0.829. The van der Waals surface area contributed by atoms with Crippen LogP contribution < -0.4 is 0 Å². The molecule has 0 atom stereocenters. The lowest BCUT2D eigenvalue weighted by molar-refractivity contribution is 0.0697. The summed E-state index contributed by atoms with van der Waals surface area (Å²) < 4.78 is 1.49. The van der Waals surface area contributed by atoms with Crippen molar-refractivity contribution in [3.05, 3.63) is 40.2 Å². The van der Waals surface area contributed by atoms with E-state index in [1.807, 2.05) is 6.92 Å². The molecule has 0 aliphatic rings. The summed E-state index contributed by atoms with van der Waals surface area (Å²) in [6, 6.07) is 4.56. The van der Waals surface area contributed by atoms with Gasteiger partial charge in [0.05, 0.1) is 22.0 Å². The molecule has 2 aromatic rings. The number of carbonyl (C=O) groups is 2. The number of carboxylic acid groups (broad SMARTS) is 1. The molecule has 7 heteroatoms. The third kappa shape index (κ3) is 3.11. The Morgan fingerprint density at radius 2 is 2.24 bits per heavy atom. The van der Waals surface area contributed by atoms with Gasteiger partial charge in [0.25, 0.3) is 0 Å². The van der Waals surface area contributed by atoms with Gasteiger partial charge in [-0.05, 0) is 31.0 Å². The monoisotopic (exact) mass is 307 g/mol. The largest absolute Gasteiger partial charge is 0.478 e. The first-order chi connectivity index (χ1) is 10.1. The van der Waals surface area contributed by atoms with Gasteiger partial charge in [-0.1, -0.05) is 30.2 Å². The van der Waals surface area contributed by atoms with Gasteiger partial charge in [0, 0.05) is 0 Å². The van der Waals surface area contributed by atoms with Gasteiger partial charge in [-0.15, -0.1) is 5.10 Å². The second kappa shape index (κ2) is 6.49.